The Kier molecular flexibility index (Phi) is 5.56. The molecule has 1 aliphatic carbocycles. The van der Waals surface area contributed by atoms with Crippen LogP contribution in [0.4, 0.5) is 30.8 Å². The molecule has 1 saturated carbocycles. The molecule has 0 amide bonds. The first-order chi connectivity index (χ1) is 14.9. The molecular weight excluding hydrogens is 433 g/mol. The van der Waals surface area contributed by atoms with Crippen LogP contribution in [0, 0.1) is 11.3 Å². The van der Waals surface area contributed by atoms with Crippen molar-refractivity contribution >= 4 is 29.2 Å². The van der Waals surface area contributed by atoms with Gasteiger partial charge in [-0.25, -0.2) is 18.2 Å². The van der Waals surface area contributed by atoms with Crippen molar-refractivity contribution in [3.63, 3.8) is 0 Å². The molecule has 0 bridgehead atoms. The SMILES string of the molecule is N#CC1(c2cc(Nc3nc(NC(F)C(F)F)nc(-c4cccc(Cl)n4)n3)ccn2)CC1. The van der Waals surface area contributed by atoms with E-state index < -0.39 is 24.1 Å². The number of pyridine rings is 2. The van der Waals surface area contributed by atoms with E-state index in [1.165, 1.54) is 6.20 Å². The van der Waals surface area contributed by atoms with E-state index in [2.05, 4.69) is 36.3 Å². The van der Waals surface area contributed by atoms with Crippen LogP contribution in [0.2, 0.25) is 5.15 Å². The molecule has 1 atom stereocenters. The molecule has 0 saturated heterocycles. The maximum absolute atomic E-state index is 13.5. The molecule has 3 aromatic rings. The second-order valence-corrected chi connectivity index (χ2v) is 7.17. The predicted octanol–water partition coefficient (Wildman–Crippen LogP) is 4.25. The topological polar surface area (TPSA) is 112 Å². The standard InChI is InChI=1S/C19H14ClF3N8/c20-13-3-1-2-11(27-13)16-29-17(31-18(30-16)28-15(23)14(21)22)26-10-4-7-25-12(8-10)19(9-24)5-6-19/h1-4,7-8,14-15H,5-6H2,(H2,25,26,28,29,30,31). The first-order valence-corrected chi connectivity index (χ1v) is 9.49. The van der Waals surface area contributed by atoms with E-state index in [4.69, 9.17) is 11.6 Å². The number of rotatable bonds is 7. The van der Waals surface area contributed by atoms with E-state index in [0.717, 1.165) is 12.8 Å². The lowest BCUT2D eigenvalue weighted by Crippen LogP contribution is -2.24. The van der Waals surface area contributed by atoms with Gasteiger partial charge in [-0.15, -0.1) is 0 Å². The predicted molar refractivity (Wildman–Crippen MR) is 107 cm³/mol. The van der Waals surface area contributed by atoms with E-state index in [0.29, 0.717) is 11.4 Å². The molecule has 2 N–H and O–H groups in total. The molecule has 3 heterocycles. The Morgan fingerprint density at radius 2 is 1.84 bits per heavy atom. The average Bonchev–Trinajstić information content (AvgIpc) is 3.55. The van der Waals surface area contributed by atoms with Crippen LogP contribution in [0.1, 0.15) is 18.5 Å². The minimum absolute atomic E-state index is 0.00562. The van der Waals surface area contributed by atoms with Gasteiger partial charge in [-0.3, -0.25) is 4.98 Å². The van der Waals surface area contributed by atoms with Crippen molar-refractivity contribution in [2.24, 2.45) is 0 Å². The molecule has 12 heteroatoms. The van der Waals surface area contributed by atoms with Crippen molar-refractivity contribution in [1.29, 1.82) is 5.26 Å². The largest absolute Gasteiger partial charge is 0.324 e. The van der Waals surface area contributed by atoms with Crippen LogP contribution in [0.5, 0.6) is 0 Å². The molecule has 0 radical (unpaired) electrons. The maximum Gasteiger partial charge on any atom is 0.287 e. The number of nitrogens with zero attached hydrogens (tertiary/aromatic N) is 6. The molecule has 0 aromatic carbocycles. The molecule has 1 unspecified atom stereocenters. The van der Waals surface area contributed by atoms with Gasteiger partial charge in [-0.1, -0.05) is 17.7 Å². The van der Waals surface area contributed by atoms with Crippen molar-refractivity contribution < 1.29 is 13.2 Å². The molecule has 4 rings (SSSR count). The minimum Gasteiger partial charge on any atom is -0.324 e. The zero-order chi connectivity index (χ0) is 22.0. The van der Waals surface area contributed by atoms with Crippen LogP contribution in [-0.2, 0) is 5.41 Å². The summed E-state index contributed by atoms with van der Waals surface area (Å²) >= 11 is 5.90. The maximum atomic E-state index is 13.5. The van der Waals surface area contributed by atoms with Crippen molar-refractivity contribution in [2.75, 3.05) is 10.6 Å². The van der Waals surface area contributed by atoms with Crippen molar-refractivity contribution in [3.8, 4) is 17.6 Å². The highest BCUT2D eigenvalue weighted by molar-refractivity contribution is 6.29. The Balaban J connectivity index is 1.69. The number of aromatic nitrogens is 5. The Morgan fingerprint density at radius 1 is 1.06 bits per heavy atom. The van der Waals surface area contributed by atoms with Crippen LogP contribution >= 0.6 is 11.6 Å². The summed E-state index contributed by atoms with van der Waals surface area (Å²) in [6.07, 6.45) is -2.98. The van der Waals surface area contributed by atoms with Crippen molar-refractivity contribution in [2.45, 2.75) is 31.0 Å². The van der Waals surface area contributed by atoms with Gasteiger partial charge in [0.15, 0.2) is 5.82 Å². The molecule has 0 spiro atoms. The summed E-state index contributed by atoms with van der Waals surface area (Å²) in [5.41, 5.74) is 0.758. The van der Waals surface area contributed by atoms with Crippen LogP contribution in [0.3, 0.4) is 0 Å². The number of anilines is 3. The van der Waals surface area contributed by atoms with E-state index in [9.17, 15) is 18.4 Å². The van der Waals surface area contributed by atoms with E-state index >= 15 is 0 Å². The van der Waals surface area contributed by atoms with Gasteiger partial charge in [0.2, 0.25) is 18.2 Å². The third kappa shape index (κ3) is 4.64. The van der Waals surface area contributed by atoms with Crippen LogP contribution in [0.25, 0.3) is 11.5 Å². The molecule has 158 valence electrons. The van der Waals surface area contributed by atoms with Gasteiger partial charge in [0.1, 0.15) is 10.8 Å². The van der Waals surface area contributed by atoms with Crippen LogP contribution < -0.4 is 10.6 Å². The summed E-state index contributed by atoms with van der Waals surface area (Å²) in [6, 6.07) is 10.3. The third-order valence-corrected chi connectivity index (χ3v) is 4.75. The smallest absolute Gasteiger partial charge is 0.287 e. The quantitative estimate of drug-likeness (QED) is 0.409. The average molecular weight is 447 g/mol. The second-order valence-electron chi connectivity index (χ2n) is 6.78. The molecule has 8 nitrogen and oxygen atoms in total. The molecule has 1 aliphatic rings. The highest BCUT2D eigenvalue weighted by atomic mass is 35.5. The second kappa shape index (κ2) is 8.31. The van der Waals surface area contributed by atoms with Crippen molar-refractivity contribution in [3.05, 3.63) is 47.4 Å². The van der Waals surface area contributed by atoms with Gasteiger partial charge >= 0.3 is 0 Å². The zero-order valence-electron chi connectivity index (χ0n) is 15.7. The number of hydrogen-bond donors (Lipinski definition) is 2. The van der Waals surface area contributed by atoms with Gasteiger partial charge in [-0.05, 0) is 37.1 Å². The Labute approximate surface area is 179 Å². The summed E-state index contributed by atoms with van der Waals surface area (Å²) in [5.74, 6) is -0.462. The van der Waals surface area contributed by atoms with Crippen LogP contribution in [-0.4, -0.2) is 37.6 Å². The lowest BCUT2D eigenvalue weighted by Gasteiger charge is -2.13. The van der Waals surface area contributed by atoms with Crippen molar-refractivity contribution in [1.82, 2.24) is 24.9 Å². The van der Waals surface area contributed by atoms with E-state index in [-0.39, 0.29) is 22.6 Å². The Bertz CT molecular complexity index is 1150. The first-order valence-electron chi connectivity index (χ1n) is 9.11. The van der Waals surface area contributed by atoms with Gasteiger partial charge < -0.3 is 10.6 Å². The lowest BCUT2D eigenvalue weighted by atomic mass is 10.0. The molecule has 3 aromatic heterocycles. The summed E-state index contributed by atoms with van der Waals surface area (Å²) in [7, 11) is 0. The fraction of sp³-hybridized carbons (Fsp3) is 0.263. The van der Waals surface area contributed by atoms with Gasteiger partial charge in [-0.2, -0.15) is 20.2 Å². The molecule has 1 fully saturated rings. The molecule has 0 aliphatic heterocycles. The van der Waals surface area contributed by atoms with Gasteiger partial charge in [0.05, 0.1) is 17.2 Å². The normalized spacial score (nSPS) is 15.2. The fourth-order valence-electron chi connectivity index (χ4n) is 2.78. The number of nitrogens with one attached hydrogen (secondary N) is 2. The van der Waals surface area contributed by atoms with Gasteiger partial charge in [0, 0.05) is 11.9 Å². The first kappa shape index (κ1) is 20.7. The highest BCUT2D eigenvalue weighted by Crippen LogP contribution is 2.47. The number of halogens is 4. The zero-order valence-corrected chi connectivity index (χ0v) is 16.5. The number of hydrogen-bond acceptors (Lipinski definition) is 8. The summed E-state index contributed by atoms with van der Waals surface area (Å²) in [4.78, 5) is 20.5. The van der Waals surface area contributed by atoms with Crippen LogP contribution in [0.15, 0.2) is 36.5 Å². The number of nitriles is 1. The minimum atomic E-state index is -3.27. The lowest BCUT2D eigenvalue weighted by molar-refractivity contribution is 0.0646. The highest BCUT2D eigenvalue weighted by Gasteiger charge is 2.46. The summed E-state index contributed by atoms with van der Waals surface area (Å²) in [6.45, 7) is 0. The fourth-order valence-corrected chi connectivity index (χ4v) is 2.94. The molecular formula is C19H14ClF3N8. The Morgan fingerprint density at radius 3 is 2.52 bits per heavy atom. The van der Waals surface area contributed by atoms with E-state index in [1.807, 2.05) is 5.32 Å². The van der Waals surface area contributed by atoms with E-state index in [1.54, 1.807) is 30.3 Å². The van der Waals surface area contributed by atoms with Gasteiger partial charge in [0.25, 0.3) is 6.43 Å². The third-order valence-electron chi connectivity index (χ3n) is 4.54. The summed E-state index contributed by atoms with van der Waals surface area (Å²) in [5, 5.41) is 14.4. The molecule has 31 heavy (non-hydrogen) atoms. The number of alkyl halides is 3. The monoisotopic (exact) mass is 446 g/mol. The Hall–Kier alpha value is -3.52. The summed E-state index contributed by atoms with van der Waals surface area (Å²) < 4.78 is 38.8.